The molecule has 2 aromatic heterocycles. The molecule has 3 N–H and O–H groups in total. The van der Waals surface area contributed by atoms with Gasteiger partial charge in [0.2, 0.25) is 5.89 Å². The van der Waals surface area contributed by atoms with Gasteiger partial charge in [-0.2, -0.15) is 0 Å². The molecule has 1 unspecified atom stereocenters. The van der Waals surface area contributed by atoms with Gasteiger partial charge in [-0.3, -0.25) is 13.9 Å². The summed E-state index contributed by atoms with van der Waals surface area (Å²) in [6, 6.07) is 15.4. The molecule has 0 radical (unpaired) electrons. The van der Waals surface area contributed by atoms with E-state index in [0.717, 1.165) is 21.3 Å². The van der Waals surface area contributed by atoms with Gasteiger partial charge >= 0.3 is 0 Å². The van der Waals surface area contributed by atoms with Crippen molar-refractivity contribution in [1.29, 1.82) is 0 Å². The normalized spacial score (nSPS) is 19.4. The second-order valence-electron chi connectivity index (χ2n) is 6.67. The van der Waals surface area contributed by atoms with Gasteiger partial charge in [-0.25, -0.2) is 9.71 Å². The van der Waals surface area contributed by atoms with Crippen LogP contribution in [0, 0.1) is 0 Å². The molecule has 0 bridgehead atoms. The van der Waals surface area contributed by atoms with E-state index in [1.807, 2.05) is 48.5 Å². The highest BCUT2D eigenvalue weighted by Crippen LogP contribution is 2.45. The van der Waals surface area contributed by atoms with Crippen LogP contribution in [-0.4, -0.2) is 35.8 Å². The minimum Gasteiger partial charge on any atom is -0.416 e. The predicted octanol–water partition coefficient (Wildman–Crippen LogP) is 4.28. The molecule has 5 rings (SSSR count). The van der Waals surface area contributed by atoms with E-state index in [1.165, 1.54) is 11.3 Å². The smallest absolute Gasteiger partial charge is 0.291 e. The number of ketones is 1. The first-order valence-corrected chi connectivity index (χ1v) is 11.4. The average Bonchev–Trinajstić information content (AvgIpc) is 3.45. The molecule has 148 valence electrons. The zero-order valence-corrected chi connectivity index (χ0v) is 16.6. The van der Waals surface area contributed by atoms with Gasteiger partial charge < -0.3 is 4.42 Å². The number of rotatable bonds is 4. The lowest BCUT2D eigenvalue weighted by atomic mass is 10.1. The van der Waals surface area contributed by atoms with E-state index in [2.05, 4.69) is 19.9 Å². The van der Waals surface area contributed by atoms with Crippen LogP contribution in [0.5, 0.6) is 0 Å². The predicted molar refractivity (Wildman–Crippen MR) is 111 cm³/mol. The van der Waals surface area contributed by atoms with Crippen LogP contribution >= 0.6 is 22.1 Å². The minimum atomic E-state index is -2.82. The second-order valence-corrected chi connectivity index (χ2v) is 9.68. The van der Waals surface area contributed by atoms with Gasteiger partial charge in [0.15, 0.2) is 5.01 Å². The molecule has 0 saturated carbocycles. The molecule has 0 aliphatic carbocycles. The summed E-state index contributed by atoms with van der Waals surface area (Å²) in [5.41, 5.74) is 2.86. The van der Waals surface area contributed by atoms with Gasteiger partial charge in [0.25, 0.3) is 11.7 Å². The average molecular weight is 428 g/mol. The molecule has 10 heteroatoms. The Morgan fingerprint density at radius 1 is 1.14 bits per heavy atom. The Balaban J connectivity index is 1.41. The molecule has 8 nitrogen and oxygen atoms in total. The van der Waals surface area contributed by atoms with Crippen molar-refractivity contribution in [2.24, 2.45) is 0 Å². The van der Waals surface area contributed by atoms with Crippen molar-refractivity contribution in [1.82, 2.24) is 19.9 Å². The maximum absolute atomic E-state index is 12.8. The highest BCUT2D eigenvalue weighted by Gasteiger charge is 2.33. The summed E-state index contributed by atoms with van der Waals surface area (Å²) in [5.74, 6) is -0.230. The SMILES string of the molecule is O=C(c1nnc(C2CCS(O)(O)N2)o1)c1nc2ccc(-c3ccccc3)cc2s1. The van der Waals surface area contributed by atoms with Crippen molar-refractivity contribution in [3.05, 3.63) is 65.3 Å². The first-order chi connectivity index (χ1) is 14.0. The number of hydrogen-bond donors (Lipinski definition) is 3. The van der Waals surface area contributed by atoms with Crippen molar-refractivity contribution >= 4 is 38.1 Å². The Morgan fingerprint density at radius 2 is 1.97 bits per heavy atom. The Kier molecular flexibility index (Phi) is 4.45. The van der Waals surface area contributed by atoms with Crippen LogP contribution in [-0.2, 0) is 0 Å². The van der Waals surface area contributed by atoms with Gasteiger partial charge in [0, 0.05) is 0 Å². The summed E-state index contributed by atoms with van der Waals surface area (Å²) in [5, 5.41) is 7.98. The molecule has 4 aromatic rings. The fourth-order valence-electron chi connectivity index (χ4n) is 3.19. The third kappa shape index (κ3) is 3.56. The number of aromatic nitrogens is 3. The molecule has 1 aliphatic rings. The fraction of sp³-hybridized carbons (Fsp3) is 0.158. The molecule has 0 amide bonds. The second kappa shape index (κ2) is 7.01. The third-order valence-corrected chi connectivity index (χ3v) is 7.13. The summed E-state index contributed by atoms with van der Waals surface area (Å²) in [6.07, 6.45) is 0.446. The molecule has 1 atom stereocenters. The van der Waals surface area contributed by atoms with E-state index < -0.39 is 22.6 Å². The maximum atomic E-state index is 12.8. The first kappa shape index (κ1) is 18.4. The van der Waals surface area contributed by atoms with Gasteiger partial charge in [0.05, 0.1) is 16.0 Å². The number of carbonyl (C=O) groups excluding carboxylic acids is 1. The molecular weight excluding hydrogens is 412 g/mol. The minimum absolute atomic E-state index is 0.160. The van der Waals surface area contributed by atoms with Gasteiger partial charge in [0.1, 0.15) is 6.04 Å². The number of benzene rings is 2. The number of hydrogen-bond acceptors (Lipinski definition) is 9. The monoisotopic (exact) mass is 428 g/mol. The molecule has 1 fully saturated rings. The molecular formula is C19H16N4O4S2. The van der Waals surface area contributed by atoms with E-state index in [9.17, 15) is 13.9 Å². The lowest BCUT2D eigenvalue weighted by molar-refractivity contribution is 0.1000. The van der Waals surface area contributed by atoms with E-state index in [4.69, 9.17) is 4.42 Å². The van der Waals surface area contributed by atoms with Crippen molar-refractivity contribution in [3.8, 4) is 11.1 Å². The molecule has 3 heterocycles. The van der Waals surface area contributed by atoms with Gasteiger partial charge in [-0.1, -0.05) is 36.4 Å². The van der Waals surface area contributed by atoms with Crippen LogP contribution < -0.4 is 4.72 Å². The lowest BCUT2D eigenvalue weighted by Crippen LogP contribution is -2.16. The van der Waals surface area contributed by atoms with E-state index in [1.54, 1.807) is 0 Å². The molecule has 1 saturated heterocycles. The van der Waals surface area contributed by atoms with Crippen LogP contribution in [0.4, 0.5) is 0 Å². The number of nitrogens with zero attached hydrogens (tertiary/aromatic N) is 3. The Bertz CT molecular complexity index is 1210. The fourth-order valence-corrected chi connectivity index (χ4v) is 5.49. The number of fused-ring (bicyclic) bond motifs is 1. The summed E-state index contributed by atoms with van der Waals surface area (Å²) >= 11 is 1.27. The topological polar surface area (TPSA) is 121 Å². The van der Waals surface area contributed by atoms with Crippen LogP contribution in [0.15, 0.2) is 52.9 Å². The van der Waals surface area contributed by atoms with Gasteiger partial charge in [-0.05, 0) is 29.7 Å². The first-order valence-electron chi connectivity index (χ1n) is 8.86. The van der Waals surface area contributed by atoms with Crippen LogP contribution in [0.3, 0.4) is 0 Å². The highest BCUT2D eigenvalue weighted by atomic mass is 32.3. The zero-order valence-electron chi connectivity index (χ0n) is 15.0. The Labute approximate surface area is 171 Å². The largest absolute Gasteiger partial charge is 0.416 e. The standard InChI is InChI=1S/C19H16N4O4S2/c24-16(18-22-21-17(27-18)14-8-9-29(25,26)23-14)19-20-13-7-6-12(10-15(13)28-19)11-4-2-1-3-5-11/h1-7,10,14,23,25-26H,8-9H2. The van der Waals surface area contributed by atoms with Crippen molar-refractivity contribution < 1.29 is 18.3 Å². The van der Waals surface area contributed by atoms with E-state index >= 15 is 0 Å². The molecule has 29 heavy (non-hydrogen) atoms. The van der Waals surface area contributed by atoms with Crippen LogP contribution in [0.25, 0.3) is 21.3 Å². The number of carbonyl (C=O) groups is 1. The number of thiazole rings is 1. The lowest BCUT2D eigenvalue weighted by Gasteiger charge is -2.26. The van der Waals surface area contributed by atoms with E-state index in [-0.39, 0.29) is 22.5 Å². The summed E-state index contributed by atoms with van der Waals surface area (Å²) < 4.78 is 28.4. The van der Waals surface area contributed by atoms with Crippen LogP contribution in [0.2, 0.25) is 0 Å². The maximum Gasteiger partial charge on any atom is 0.291 e. The molecule has 1 aliphatic heterocycles. The molecule has 2 aromatic carbocycles. The number of nitrogens with one attached hydrogen (secondary N) is 1. The Hall–Kier alpha value is -2.63. The van der Waals surface area contributed by atoms with Crippen molar-refractivity contribution in [3.63, 3.8) is 0 Å². The van der Waals surface area contributed by atoms with Crippen molar-refractivity contribution in [2.45, 2.75) is 12.5 Å². The third-order valence-electron chi connectivity index (χ3n) is 4.64. The van der Waals surface area contributed by atoms with Gasteiger partial charge in [-0.15, -0.1) is 32.3 Å². The quantitative estimate of drug-likeness (QED) is 0.412. The van der Waals surface area contributed by atoms with Crippen LogP contribution in [0.1, 0.15) is 34.0 Å². The summed E-state index contributed by atoms with van der Waals surface area (Å²) in [7, 11) is -2.82. The zero-order chi connectivity index (χ0) is 20.0. The highest BCUT2D eigenvalue weighted by molar-refractivity contribution is 8.22. The summed E-state index contributed by atoms with van der Waals surface area (Å²) in [6.45, 7) is 0. The van der Waals surface area contributed by atoms with E-state index in [0.29, 0.717) is 6.42 Å². The Morgan fingerprint density at radius 3 is 2.72 bits per heavy atom. The molecule has 0 spiro atoms. The summed E-state index contributed by atoms with van der Waals surface area (Å²) in [4.78, 5) is 17.2. The van der Waals surface area contributed by atoms with Crippen molar-refractivity contribution in [2.75, 3.05) is 5.75 Å².